The fraction of sp³-hybridized carbons (Fsp3) is 0.0667. The van der Waals surface area contributed by atoms with Crippen LogP contribution < -0.4 is 5.09 Å². The van der Waals surface area contributed by atoms with E-state index in [0.717, 1.165) is 39.6 Å². The van der Waals surface area contributed by atoms with E-state index in [2.05, 4.69) is 34.8 Å². The summed E-state index contributed by atoms with van der Waals surface area (Å²) in [6.07, 6.45) is 0. The summed E-state index contributed by atoms with van der Waals surface area (Å²) in [4.78, 5) is 0. The molecular weight excluding hydrogens is 506 g/mol. The number of rotatable bonds is 7. The Balaban J connectivity index is 1.61. The summed E-state index contributed by atoms with van der Waals surface area (Å²) < 4.78 is 16.7. The molecule has 36 heavy (non-hydrogen) atoms. The third kappa shape index (κ3) is 5.01. The lowest BCUT2D eigenvalue weighted by Crippen LogP contribution is -1.95. The number of hydrogen-bond acceptors (Lipinski definition) is 1. The van der Waals surface area contributed by atoms with Crippen LogP contribution in [0, 0.1) is 0 Å². The Morgan fingerprint density at radius 2 is 1.28 bits per heavy atom. The maximum Gasteiger partial charge on any atom is 0.216 e. The van der Waals surface area contributed by atoms with Crippen LogP contribution in [0.1, 0.15) is 18.1 Å². The fourth-order valence-corrected chi connectivity index (χ4v) is 7.29. The number of benzene rings is 4. The van der Waals surface area contributed by atoms with Crippen LogP contribution >= 0.6 is 30.5 Å². The number of nitrogens with zero attached hydrogens (tertiary/aromatic N) is 1. The lowest BCUT2D eigenvalue weighted by molar-refractivity contribution is 0.589. The van der Waals surface area contributed by atoms with Gasteiger partial charge in [0.15, 0.2) is 0 Å². The summed E-state index contributed by atoms with van der Waals surface area (Å²) in [6.45, 7) is 3.00. The topological polar surface area (TPSA) is 34.0 Å². The third-order valence-electron chi connectivity index (χ3n) is 6.10. The van der Waals surface area contributed by atoms with Crippen LogP contribution in [0.15, 0.2) is 115 Å². The fourth-order valence-electron chi connectivity index (χ4n) is 4.45. The van der Waals surface area contributed by atoms with E-state index in [4.69, 9.17) is 23.2 Å². The molecule has 0 amide bonds. The largest absolute Gasteiger partial charge is 0.341 e. The highest BCUT2D eigenvalue weighted by Gasteiger charge is 2.20. The van der Waals surface area contributed by atoms with Crippen molar-refractivity contribution in [3.05, 3.63) is 126 Å². The van der Waals surface area contributed by atoms with Crippen molar-refractivity contribution < 1.29 is 4.57 Å². The van der Waals surface area contributed by atoms with Gasteiger partial charge in [0.25, 0.3) is 0 Å². The highest BCUT2D eigenvalue weighted by molar-refractivity contribution is 7.72. The van der Waals surface area contributed by atoms with E-state index in [9.17, 15) is 4.57 Å². The van der Waals surface area contributed by atoms with E-state index in [1.165, 1.54) is 5.52 Å². The number of aromatic nitrogens is 1. The minimum absolute atomic E-state index is 0.392. The maximum atomic E-state index is 14.4. The number of hydrogen-bond donors (Lipinski definition) is 1. The second-order valence-electron chi connectivity index (χ2n) is 8.50. The van der Waals surface area contributed by atoms with Crippen LogP contribution in [0.2, 0.25) is 0 Å². The van der Waals surface area contributed by atoms with Gasteiger partial charge in [-0.25, -0.2) is 0 Å². The molecule has 0 fully saturated rings. The quantitative estimate of drug-likeness (QED) is 0.212. The van der Waals surface area contributed by atoms with Crippen LogP contribution in [0.3, 0.4) is 0 Å². The molecule has 0 spiro atoms. The van der Waals surface area contributed by atoms with Gasteiger partial charge >= 0.3 is 0 Å². The van der Waals surface area contributed by atoms with Crippen molar-refractivity contribution in [3.63, 3.8) is 0 Å². The molecule has 1 aromatic heterocycles. The van der Waals surface area contributed by atoms with Gasteiger partial charge in [0, 0.05) is 45.7 Å². The number of para-hydroxylation sites is 1. The van der Waals surface area contributed by atoms with E-state index >= 15 is 0 Å². The molecule has 0 aliphatic carbocycles. The van der Waals surface area contributed by atoms with Crippen molar-refractivity contribution in [1.29, 1.82) is 0 Å². The molecule has 0 atom stereocenters. The predicted molar refractivity (Wildman–Crippen MR) is 157 cm³/mol. The van der Waals surface area contributed by atoms with Crippen LogP contribution in [0.25, 0.3) is 31.9 Å². The first kappa shape index (κ1) is 24.5. The molecule has 0 aliphatic heterocycles. The molecule has 4 aromatic carbocycles. The maximum absolute atomic E-state index is 14.4. The van der Waals surface area contributed by atoms with Gasteiger partial charge in [-0.15, -0.1) is 0 Å². The molecule has 0 bridgehead atoms. The van der Waals surface area contributed by atoms with Crippen LogP contribution in [-0.2, 0) is 11.1 Å². The minimum atomic E-state index is -3.37. The zero-order chi connectivity index (χ0) is 25.1. The summed E-state index contributed by atoms with van der Waals surface area (Å²) in [5.74, 6) is 3.16. The lowest BCUT2D eigenvalue weighted by atomic mass is 10.1. The van der Waals surface area contributed by atoms with Gasteiger partial charge in [0.2, 0.25) is 7.29 Å². The summed E-state index contributed by atoms with van der Waals surface area (Å²) in [7, 11) is -3.37. The first-order valence-electron chi connectivity index (χ1n) is 11.7. The highest BCUT2D eigenvalue weighted by atomic mass is 35.5. The van der Waals surface area contributed by atoms with Crippen molar-refractivity contribution in [1.82, 2.24) is 4.57 Å². The van der Waals surface area contributed by atoms with Crippen LogP contribution in [-0.4, -0.2) is 4.57 Å². The molecule has 0 aliphatic rings. The average molecular weight is 531 g/mol. The van der Waals surface area contributed by atoms with Crippen molar-refractivity contribution in [3.8, 4) is 0 Å². The van der Waals surface area contributed by atoms with Gasteiger partial charge in [-0.2, -0.15) is 0 Å². The van der Waals surface area contributed by atoms with Gasteiger partial charge in [0.05, 0.1) is 10.1 Å². The molecule has 0 saturated heterocycles. The molecule has 1 heterocycles. The number of anilines is 1. The molecular formula is C30H25Cl2N2OP. The molecule has 0 unspecified atom stereocenters. The Labute approximate surface area is 221 Å². The zero-order valence-electron chi connectivity index (χ0n) is 19.7. The molecule has 0 radical (unpaired) electrons. The van der Waals surface area contributed by atoms with E-state index in [1.807, 2.05) is 84.9 Å². The summed E-state index contributed by atoms with van der Waals surface area (Å²) in [5.41, 5.74) is 4.61. The average Bonchev–Trinajstić information content (AvgIpc) is 3.22. The highest BCUT2D eigenvalue weighted by Crippen LogP contribution is 2.54. The normalized spacial score (nSPS) is 14.2. The van der Waals surface area contributed by atoms with Crippen molar-refractivity contribution in [2.45, 2.75) is 13.5 Å². The van der Waals surface area contributed by atoms with E-state index in [1.54, 1.807) is 11.6 Å². The molecule has 6 heteroatoms. The van der Waals surface area contributed by atoms with Crippen LogP contribution in [0.5, 0.6) is 0 Å². The molecule has 180 valence electrons. The molecule has 0 saturated carbocycles. The van der Waals surface area contributed by atoms with Gasteiger partial charge in [-0.3, -0.25) is 4.57 Å². The molecule has 5 rings (SSSR count). The summed E-state index contributed by atoms with van der Waals surface area (Å²) in [5, 5.41) is 6.30. The molecule has 1 N–H and O–H groups in total. The second-order valence-corrected chi connectivity index (χ2v) is 11.5. The van der Waals surface area contributed by atoms with Gasteiger partial charge in [-0.05, 0) is 42.3 Å². The summed E-state index contributed by atoms with van der Waals surface area (Å²) in [6, 6.07) is 33.4. The monoisotopic (exact) mass is 530 g/mol. The predicted octanol–water partition coefficient (Wildman–Crippen LogP) is 9.98. The Kier molecular flexibility index (Phi) is 7.07. The van der Waals surface area contributed by atoms with Crippen molar-refractivity contribution >= 4 is 68.1 Å². The van der Waals surface area contributed by atoms with Crippen molar-refractivity contribution in [2.24, 2.45) is 0 Å². The Morgan fingerprint density at radius 3 is 1.86 bits per heavy atom. The minimum Gasteiger partial charge on any atom is -0.341 e. The number of fused-ring (bicyclic) bond motifs is 3. The van der Waals surface area contributed by atoms with Gasteiger partial charge in [0.1, 0.15) is 0 Å². The standard InChI is InChI=1S/C30H25Cl2N2OP/c1-2-34-29-16-10-9-15-25(29)26-19-24(17-18-30(26)34)33-36(35,20-27(31)22-11-5-3-6-12-22)21-28(32)23-13-7-4-8-14-23/h3-21H,2H2,1H3,(H,33,35). The Morgan fingerprint density at radius 1 is 0.750 bits per heavy atom. The lowest BCUT2D eigenvalue weighted by Gasteiger charge is -2.16. The Hall–Kier alpha value is -3.23. The second kappa shape index (κ2) is 10.4. The van der Waals surface area contributed by atoms with E-state index < -0.39 is 7.29 Å². The first-order valence-corrected chi connectivity index (χ1v) is 14.3. The Bertz CT molecular complexity index is 1580. The van der Waals surface area contributed by atoms with Gasteiger partial charge in [-0.1, -0.05) is 102 Å². The first-order chi connectivity index (χ1) is 17.5. The van der Waals surface area contributed by atoms with Crippen LogP contribution in [0.4, 0.5) is 5.69 Å². The SMILES string of the molecule is CCn1c2ccccc2c2cc(NP(=O)(C=C(Cl)c3ccccc3)C=C(Cl)c3ccccc3)ccc21. The van der Waals surface area contributed by atoms with Gasteiger partial charge < -0.3 is 9.65 Å². The number of nitrogens with one attached hydrogen (secondary N) is 1. The summed E-state index contributed by atoms with van der Waals surface area (Å²) >= 11 is 13.3. The van der Waals surface area contributed by atoms with E-state index in [-0.39, 0.29) is 0 Å². The number of aryl methyl sites for hydroxylation is 1. The molecule has 5 aromatic rings. The van der Waals surface area contributed by atoms with E-state index in [0.29, 0.717) is 10.1 Å². The molecule has 3 nitrogen and oxygen atoms in total. The number of halogens is 2. The smallest absolute Gasteiger partial charge is 0.216 e. The van der Waals surface area contributed by atoms with Crippen molar-refractivity contribution in [2.75, 3.05) is 5.09 Å². The zero-order valence-corrected chi connectivity index (χ0v) is 22.1. The third-order valence-corrected chi connectivity index (χ3v) is 8.95.